The molecule has 6 nitrogen and oxygen atoms in total. The summed E-state index contributed by atoms with van der Waals surface area (Å²) in [7, 11) is 3.44. The molecule has 1 unspecified atom stereocenters. The van der Waals surface area contributed by atoms with Crippen molar-refractivity contribution in [3.05, 3.63) is 64.9 Å². The number of benzene rings is 2. The van der Waals surface area contributed by atoms with Gasteiger partial charge in [-0.1, -0.05) is 35.5 Å². The maximum atomic E-state index is 12.4. The summed E-state index contributed by atoms with van der Waals surface area (Å²) in [6, 6.07) is 14.3. The Morgan fingerprint density at radius 2 is 1.89 bits per heavy atom. The highest BCUT2D eigenvalue weighted by molar-refractivity contribution is 7.99. The monoisotopic (exact) mass is 417 g/mol. The standard InChI is InChI=1S/C20H20ClN3O3S/c1-13(27-18-7-5-4-6-16(18)21)19-22-23-20(24(19)2)28-12-17(25)14-8-10-15(26-3)11-9-14/h4-11,13H,12H2,1-3H3. The number of hydrogen-bond donors (Lipinski definition) is 0. The van der Waals surface area contributed by atoms with E-state index in [1.54, 1.807) is 43.5 Å². The third-order valence-corrected chi connectivity index (χ3v) is 5.45. The summed E-state index contributed by atoms with van der Waals surface area (Å²) in [5.74, 6) is 2.23. The molecule has 0 radical (unpaired) electrons. The maximum absolute atomic E-state index is 12.4. The fraction of sp³-hybridized carbons (Fsp3) is 0.250. The second-order valence-electron chi connectivity index (χ2n) is 6.03. The Balaban J connectivity index is 1.63. The second kappa shape index (κ2) is 9.12. The lowest BCUT2D eigenvalue weighted by Crippen LogP contribution is -2.10. The van der Waals surface area contributed by atoms with E-state index in [9.17, 15) is 4.79 Å². The quantitative estimate of drug-likeness (QED) is 0.394. The van der Waals surface area contributed by atoms with Crippen LogP contribution in [0.5, 0.6) is 11.5 Å². The van der Waals surface area contributed by atoms with Gasteiger partial charge in [-0.05, 0) is 43.3 Å². The summed E-state index contributed by atoms with van der Waals surface area (Å²) < 4.78 is 12.8. The molecule has 0 bridgehead atoms. The van der Waals surface area contributed by atoms with Gasteiger partial charge in [-0.3, -0.25) is 4.79 Å². The van der Waals surface area contributed by atoms with E-state index in [0.29, 0.717) is 27.3 Å². The van der Waals surface area contributed by atoms with Gasteiger partial charge in [0.1, 0.15) is 11.5 Å². The van der Waals surface area contributed by atoms with Gasteiger partial charge in [0.15, 0.2) is 22.9 Å². The van der Waals surface area contributed by atoms with Gasteiger partial charge < -0.3 is 14.0 Å². The zero-order valence-electron chi connectivity index (χ0n) is 15.8. The molecule has 0 aliphatic carbocycles. The van der Waals surface area contributed by atoms with Crippen molar-refractivity contribution >= 4 is 29.1 Å². The Labute approximate surface area is 172 Å². The molecule has 8 heteroatoms. The second-order valence-corrected chi connectivity index (χ2v) is 7.38. The van der Waals surface area contributed by atoms with E-state index in [2.05, 4.69) is 10.2 Å². The van der Waals surface area contributed by atoms with Crippen molar-refractivity contribution in [3.8, 4) is 11.5 Å². The van der Waals surface area contributed by atoms with Gasteiger partial charge in [0.25, 0.3) is 0 Å². The largest absolute Gasteiger partial charge is 0.497 e. The molecule has 0 amide bonds. The summed E-state index contributed by atoms with van der Waals surface area (Å²) in [5, 5.41) is 9.58. The molecule has 28 heavy (non-hydrogen) atoms. The maximum Gasteiger partial charge on any atom is 0.191 e. The molecular formula is C20H20ClN3O3S. The fourth-order valence-corrected chi connectivity index (χ4v) is 3.57. The van der Waals surface area contributed by atoms with E-state index in [4.69, 9.17) is 21.1 Å². The number of aromatic nitrogens is 3. The molecule has 1 heterocycles. The van der Waals surface area contributed by atoms with Crippen LogP contribution in [-0.2, 0) is 7.05 Å². The highest BCUT2D eigenvalue weighted by Gasteiger charge is 2.19. The fourth-order valence-electron chi connectivity index (χ4n) is 2.58. The van der Waals surface area contributed by atoms with Crippen LogP contribution in [0.3, 0.4) is 0 Å². The molecule has 0 saturated heterocycles. The summed E-state index contributed by atoms with van der Waals surface area (Å²) in [4.78, 5) is 12.4. The molecule has 1 aromatic heterocycles. The van der Waals surface area contributed by atoms with Gasteiger partial charge in [0.05, 0.1) is 17.9 Å². The number of para-hydroxylation sites is 1. The van der Waals surface area contributed by atoms with Crippen LogP contribution in [0.4, 0.5) is 0 Å². The summed E-state index contributed by atoms with van der Waals surface area (Å²) in [5.41, 5.74) is 0.631. The Kier molecular flexibility index (Phi) is 6.59. The van der Waals surface area contributed by atoms with Crippen molar-refractivity contribution in [3.63, 3.8) is 0 Å². The predicted octanol–water partition coefficient (Wildman–Crippen LogP) is 4.59. The van der Waals surface area contributed by atoms with E-state index in [1.165, 1.54) is 11.8 Å². The molecule has 0 N–H and O–H groups in total. The number of hydrogen-bond acceptors (Lipinski definition) is 6. The minimum atomic E-state index is -0.343. The first-order chi connectivity index (χ1) is 13.5. The van der Waals surface area contributed by atoms with Gasteiger partial charge in [-0.15, -0.1) is 10.2 Å². The first-order valence-electron chi connectivity index (χ1n) is 8.60. The first kappa shape index (κ1) is 20.2. The number of ether oxygens (including phenoxy) is 2. The normalized spacial score (nSPS) is 11.9. The highest BCUT2D eigenvalue weighted by Crippen LogP contribution is 2.29. The van der Waals surface area contributed by atoms with Crippen molar-refractivity contribution in [2.45, 2.75) is 18.2 Å². The van der Waals surface area contributed by atoms with Gasteiger partial charge in [0, 0.05) is 12.6 Å². The number of methoxy groups -OCH3 is 1. The lowest BCUT2D eigenvalue weighted by molar-refractivity contribution is 0.102. The first-order valence-corrected chi connectivity index (χ1v) is 9.96. The van der Waals surface area contributed by atoms with Crippen molar-refractivity contribution in [2.75, 3.05) is 12.9 Å². The SMILES string of the molecule is COc1ccc(C(=O)CSc2nnc(C(C)Oc3ccccc3Cl)n2C)cc1. The summed E-state index contributed by atoms with van der Waals surface area (Å²) >= 11 is 7.48. The Bertz CT molecular complexity index is 960. The Hall–Kier alpha value is -2.51. The number of thioether (sulfide) groups is 1. The molecular weight excluding hydrogens is 398 g/mol. The van der Waals surface area contributed by atoms with Gasteiger partial charge in [-0.2, -0.15) is 0 Å². The zero-order valence-corrected chi connectivity index (χ0v) is 17.3. The minimum absolute atomic E-state index is 0.0116. The van der Waals surface area contributed by atoms with E-state index < -0.39 is 0 Å². The van der Waals surface area contributed by atoms with Gasteiger partial charge in [-0.25, -0.2) is 0 Å². The summed E-state index contributed by atoms with van der Waals surface area (Å²) in [6.45, 7) is 1.88. The molecule has 0 fully saturated rings. The average Bonchev–Trinajstić information content (AvgIpc) is 3.08. The molecule has 146 valence electrons. The van der Waals surface area contributed by atoms with Crippen LogP contribution >= 0.6 is 23.4 Å². The van der Waals surface area contributed by atoms with Crippen LogP contribution in [0.25, 0.3) is 0 Å². The Morgan fingerprint density at radius 1 is 1.18 bits per heavy atom. The Morgan fingerprint density at radius 3 is 2.57 bits per heavy atom. The summed E-state index contributed by atoms with van der Waals surface area (Å²) in [6.07, 6.45) is -0.343. The number of carbonyl (C=O) groups is 1. The number of rotatable bonds is 8. The van der Waals surface area contributed by atoms with Crippen molar-refractivity contribution in [2.24, 2.45) is 7.05 Å². The van der Waals surface area contributed by atoms with Crippen LogP contribution in [-0.4, -0.2) is 33.4 Å². The lowest BCUT2D eigenvalue weighted by atomic mass is 10.1. The molecule has 0 aliphatic rings. The number of nitrogens with zero attached hydrogens (tertiary/aromatic N) is 3. The van der Waals surface area contributed by atoms with Gasteiger partial charge in [0.2, 0.25) is 0 Å². The van der Waals surface area contributed by atoms with Crippen LogP contribution in [0.2, 0.25) is 5.02 Å². The van der Waals surface area contributed by atoms with Crippen LogP contribution < -0.4 is 9.47 Å². The van der Waals surface area contributed by atoms with Crippen molar-refractivity contribution < 1.29 is 14.3 Å². The third kappa shape index (κ3) is 4.66. The number of ketones is 1. The number of Topliss-reactive ketones (excluding diaryl/α,β-unsaturated/α-hetero) is 1. The van der Waals surface area contributed by atoms with Crippen LogP contribution in [0, 0.1) is 0 Å². The van der Waals surface area contributed by atoms with E-state index in [1.807, 2.05) is 30.7 Å². The predicted molar refractivity (Wildman–Crippen MR) is 110 cm³/mol. The topological polar surface area (TPSA) is 66.2 Å². The van der Waals surface area contributed by atoms with E-state index in [-0.39, 0.29) is 17.6 Å². The molecule has 3 aromatic rings. The lowest BCUT2D eigenvalue weighted by Gasteiger charge is -2.15. The molecule has 2 aromatic carbocycles. The van der Waals surface area contributed by atoms with Crippen LogP contribution in [0.1, 0.15) is 29.2 Å². The van der Waals surface area contributed by atoms with E-state index >= 15 is 0 Å². The average molecular weight is 418 g/mol. The third-order valence-electron chi connectivity index (χ3n) is 4.12. The molecule has 0 aliphatic heterocycles. The van der Waals surface area contributed by atoms with Crippen LogP contribution in [0.15, 0.2) is 53.7 Å². The zero-order chi connectivity index (χ0) is 20.1. The highest BCUT2D eigenvalue weighted by atomic mass is 35.5. The van der Waals surface area contributed by atoms with Crippen molar-refractivity contribution in [1.29, 1.82) is 0 Å². The molecule has 0 saturated carbocycles. The number of halogens is 1. The molecule has 1 atom stereocenters. The molecule has 3 rings (SSSR count). The van der Waals surface area contributed by atoms with Gasteiger partial charge >= 0.3 is 0 Å². The van der Waals surface area contributed by atoms with E-state index in [0.717, 1.165) is 5.75 Å². The van der Waals surface area contributed by atoms with Crippen molar-refractivity contribution in [1.82, 2.24) is 14.8 Å². The smallest absolute Gasteiger partial charge is 0.191 e. The number of carbonyl (C=O) groups excluding carboxylic acids is 1. The minimum Gasteiger partial charge on any atom is -0.497 e. The molecule has 0 spiro atoms.